The second-order valence-corrected chi connectivity index (χ2v) is 4.43. The van der Waals surface area contributed by atoms with Gasteiger partial charge in [-0.05, 0) is 19.8 Å². The molecule has 3 heteroatoms. The van der Waals surface area contributed by atoms with E-state index >= 15 is 0 Å². The van der Waals surface area contributed by atoms with Gasteiger partial charge in [-0.1, -0.05) is 0 Å². The first kappa shape index (κ1) is 9.44. The minimum Gasteiger partial charge on any atom is -0.374 e. The molecule has 2 heterocycles. The molecule has 2 rings (SSSR count). The summed E-state index contributed by atoms with van der Waals surface area (Å²) in [6.45, 7) is 8.96. The summed E-state index contributed by atoms with van der Waals surface area (Å²) >= 11 is 0. The summed E-state index contributed by atoms with van der Waals surface area (Å²) in [6, 6.07) is 0. The zero-order valence-electron chi connectivity index (χ0n) is 8.51. The first-order valence-electron chi connectivity index (χ1n) is 5.36. The standard InChI is InChI=1S/C10H20N2O/c1-10(3-2-8-13-10)9-12-6-4-11-5-7-12/h11H,2-9H2,1H3. The van der Waals surface area contributed by atoms with Crippen LogP contribution in [0.5, 0.6) is 0 Å². The van der Waals surface area contributed by atoms with Gasteiger partial charge in [-0.15, -0.1) is 0 Å². The SMILES string of the molecule is CC1(CN2CCNCC2)CCCO1. The molecular weight excluding hydrogens is 164 g/mol. The average Bonchev–Trinajstić information content (AvgIpc) is 2.54. The summed E-state index contributed by atoms with van der Waals surface area (Å²) in [4.78, 5) is 2.52. The number of nitrogens with one attached hydrogen (secondary N) is 1. The van der Waals surface area contributed by atoms with Crippen LogP contribution in [0, 0.1) is 0 Å². The molecule has 2 aliphatic rings. The second-order valence-electron chi connectivity index (χ2n) is 4.43. The number of piperazine rings is 1. The molecule has 0 spiro atoms. The van der Waals surface area contributed by atoms with Gasteiger partial charge < -0.3 is 10.1 Å². The van der Waals surface area contributed by atoms with Crippen LogP contribution in [0.1, 0.15) is 19.8 Å². The highest BCUT2D eigenvalue weighted by Gasteiger charge is 2.31. The molecule has 0 aliphatic carbocycles. The van der Waals surface area contributed by atoms with Crippen molar-refractivity contribution in [1.29, 1.82) is 0 Å². The minimum absolute atomic E-state index is 0.150. The Morgan fingerprint density at radius 3 is 2.77 bits per heavy atom. The fourth-order valence-corrected chi connectivity index (χ4v) is 2.30. The summed E-state index contributed by atoms with van der Waals surface area (Å²) in [5, 5.41) is 3.37. The van der Waals surface area contributed by atoms with Gasteiger partial charge in [0, 0.05) is 39.3 Å². The monoisotopic (exact) mass is 184 g/mol. The fourth-order valence-electron chi connectivity index (χ4n) is 2.30. The van der Waals surface area contributed by atoms with Crippen molar-refractivity contribution < 1.29 is 4.74 Å². The summed E-state index contributed by atoms with van der Waals surface area (Å²) in [7, 11) is 0. The molecule has 0 aromatic heterocycles. The lowest BCUT2D eigenvalue weighted by molar-refractivity contribution is -0.0111. The van der Waals surface area contributed by atoms with Gasteiger partial charge in [0.05, 0.1) is 5.60 Å². The molecule has 1 N–H and O–H groups in total. The quantitative estimate of drug-likeness (QED) is 0.675. The van der Waals surface area contributed by atoms with E-state index in [1.54, 1.807) is 0 Å². The van der Waals surface area contributed by atoms with Crippen LogP contribution < -0.4 is 5.32 Å². The molecule has 0 amide bonds. The van der Waals surface area contributed by atoms with Crippen LogP contribution >= 0.6 is 0 Å². The largest absolute Gasteiger partial charge is 0.374 e. The molecule has 1 atom stereocenters. The molecular formula is C10H20N2O. The van der Waals surface area contributed by atoms with E-state index in [0.717, 1.165) is 26.2 Å². The molecule has 3 nitrogen and oxygen atoms in total. The Bertz CT molecular complexity index is 160. The summed E-state index contributed by atoms with van der Waals surface area (Å²) in [6.07, 6.45) is 2.47. The lowest BCUT2D eigenvalue weighted by Gasteiger charge is -2.34. The Hall–Kier alpha value is -0.120. The molecule has 2 fully saturated rings. The van der Waals surface area contributed by atoms with Gasteiger partial charge in [0.1, 0.15) is 0 Å². The van der Waals surface area contributed by atoms with E-state index in [2.05, 4.69) is 17.1 Å². The van der Waals surface area contributed by atoms with Gasteiger partial charge in [0.25, 0.3) is 0 Å². The van der Waals surface area contributed by atoms with Crippen molar-refractivity contribution in [3.05, 3.63) is 0 Å². The first-order chi connectivity index (χ1) is 6.29. The fraction of sp³-hybridized carbons (Fsp3) is 1.00. The highest BCUT2D eigenvalue weighted by Crippen LogP contribution is 2.25. The van der Waals surface area contributed by atoms with Crippen molar-refractivity contribution in [2.75, 3.05) is 39.3 Å². The van der Waals surface area contributed by atoms with Crippen LogP contribution in [0.25, 0.3) is 0 Å². The molecule has 0 aromatic carbocycles. The van der Waals surface area contributed by atoms with E-state index in [1.807, 2.05) is 0 Å². The molecule has 1 unspecified atom stereocenters. The minimum atomic E-state index is 0.150. The van der Waals surface area contributed by atoms with Gasteiger partial charge in [0.2, 0.25) is 0 Å². The van der Waals surface area contributed by atoms with E-state index in [4.69, 9.17) is 4.74 Å². The number of hydrogen-bond donors (Lipinski definition) is 1. The van der Waals surface area contributed by atoms with E-state index in [1.165, 1.54) is 25.9 Å². The van der Waals surface area contributed by atoms with Gasteiger partial charge in [-0.2, -0.15) is 0 Å². The smallest absolute Gasteiger partial charge is 0.0781 e. The maximum atomic E-state index is 5.78. The highest BCUT2D eigenvalue weighted by atomic mass is 16.5. The van der Waals surface area contributed by atoms with Crippen LogP contribution in [0.4, 0.5) is 0 Å². The van der Waals surface area contributed by atoms with Gasteiger partial charge in [0.15, 0.2) is 0 Å². The Balaban J connectivity index is 1.81. The van der Waals surface area contributed by atoms with Gasteiger partial charge in [-0.25, -0.2) is 0 Å². The molecule has 13 heavy (non-hydrogen) atoms. The zero-order chi connectivity index (χ0) is 9.15. The zero-order valence-corrected chi connectivity index (χ0v) is 8.51. The molecule has 0 bridgehead atoms. The van der Waals surface area contributed by atoms with Gasteiger partial charge in [-0.3, -0.25) is 4.90 Å². The van der Waals surface area contributed by atoms with Crippen LogP contribution in [-0.2, 0) is 4.74 Å². The lowest BCUT2D eigenvalue weighted by Crippen LogP contribution is -2.49. The van der Waals surface area contributed by atoms with E-state index in [0.29, 0.717) is 0 Å². The number of hydrogen-bond acceptors (Lipinski definition) is 3. The van der Waals surface area contributed by atoms with Crippen LogP contribution in [0.15, 0.2) is 0 Å². The molecule has 76 valence electrons. The van der Waals surface area contributed by atoms with E-state index in [-0.39, 0.29) is 5.60 Å². The molecule has 2 aliphatic heterocycles. The number of nitrogens with zero attached hydrogens (tertiary/aromatic N) is 1. The Morgan fingerprint density at radius 2 is 2.15 bits per heavy atom. The van der Waals surface area contributed by atoms with Crippen molar-refractivity contribution in [3.8, 4) is 0 Å². The number of ether oxygens (including phenoxy) is 1. The summed E-state index contributed by atoms with van der Waals surface area (Å²) < 4.78 is 5.78. The predicted octanol–water partition coefficient (Wildman–Crippen LogP) is 0.461. The normalized spacial score (nSPS) is 36.7. The highest BCUT2D eigenvalue weighted by molar-refractivity contribution is 4.85. The molecule has 0 saturated carbocycles. The second kappa shape index (κ2) is 3.95. The lowest BCUT2D eigenvalue weighted by atomic mass is 10.0. The summed E-state index contributed by atoms with van der Waals surface area (Å²) in [5.41, 5.74) is 0.150. The van der Waals surface area contributed by atoms with Crippen LogP contribution in [0.2, 0.25) is 0 Å². The Labute approximate surface area is 80.4 Å². The molecule has 2 saturated heterocycles. The Morgan fingerprint density at radius 1 is 1.38 bits per heavy atom. The third-order valence-corrected chi connectivity index (χ3v) is 3.07. The maximum absolute atomic E-state index is 5.78. The summed E-state index contributed by atoms with van der Waals surface area (Å²) in [5.74, 6) is 0. The maximum Gasteiger partial charge on any atom is 0.0781 e. The van der Waals surface area contributed by atoms with Crippen molar-refractivity contribution in [2.24, 2.45) is 0 Å². The number of rotatable bonds is 2. The average molecular weight is 184 g/mol. The molecule has 0 radical (unpaired) electrons. The topological polar surface area (TPSA) is 24.5 Å². The van der Waals surface area contributed by atoms with Crippen molar-refractivity contribution >= 4 is 0 Å². The Kier molecular flexibility index (Phi) is 2.86. The van der Waals surface area contributed by atoms with Gasteiger partial charge >= 0.3 is 0 Å². The molecule has 0 aromatic rings. The van der Waals surface area contributed by atoms with E-state index in [9.17, 15) is 0 Å². The third-order valence-electron chi connectivity index (χ3n) is 3.07. The van der Waals surface area contributed by atoms with E-state index < -0.39 is 0 Å². The van der Waals surface area contributed by atoms with Crippen molar-refractivity contribution in [3.63, 3.8) is 0 Å². The van der Waals surface area contributed by atoms with Crippen LogP contribution in [0.3, 0.4) is 0 Å². The van der Waals surface area contributed by atoms with Crippen LogP contribution in [-0.4, -0.2) is 49.8 Å². The van der Waals surface area contributed by atoms with Crippen molar-refractivity contribution in [1.82, 2.24) is 10.2 Å². The predicted molar refractivity (Wildman–Crippen MR) is 52.9 cm³/mol. The van der Waals surface area contributed by atoms with Crippen molar-refractivity contribution in [2.45, 2.75) is 25.4 Å². The third kappa shape index (κ3) is 2.42. The first-order valence-corrected chi connectivity index (χ1v) is 5.36.